The number of carbonyl (C=O) groups is 1. The molecule has 2 fully saturated rings. The molecule has 3 nitrogen and oxygen atoms in total. The molecule has 0 spiro atoms. The fourth-order valence-electron chi connectivity index (χ4n) is 3.67. The number of halogens is 2. The van der Waals surface area contributed by atoms with Gasteiger partial charge in [-0.2, -0.15) is 0 Å². The molecule has 0 bridgehead atoms. The van der Waals surface area contributed by atoms with Crippen molar-refractivity contribution in [1.82, 2.24) is 10.2 Å². The molecule has 1 atom stereocenters. The smallest absolute Gasteiger partial charge is 0.255 e. The molecule has 1 aliphatic carbocycles. The van der Waals surface area contributed by atoms with E-state index in [0.717, 1.165) is 32.4 Å². The maximum Gasteiger partial charge on any atom is 0.255 e. The van der Waals surface area contributed by atoms with E-state index < -0.39 is 0 Å². The molecule has 3 rings (SSSR count). The van der Waals surface area contributed by atoms with Crippen LogP contribution in [0.15, 0.2) is 18.2 Å². The van der Waals surface area contributed by atoms with Crippen LogP contribution in [-0.2, 0) is 0 Å². The molecule has 120 valence electrons. The molecule has 2 aliphatic rings. The van der Waals surface area contributed by atoms with E-state index in [0.29, 0.717) is 21.7 Å². The molecule has 1 aromatic rings. The van der Waals surface area contributed by atoms with Crippen LogP contribution in [0.1, 0.15) is 48.9 Å². The maximum absolute atomic E-state index is 13.2. The molecule has 0 unspecified atom stereocenters. The van der Waals surface area contributed by atoms with E-state index in [1.165, 1.54) is 19.3 Å². The van der Waals surface area contributed by atoms with Gasteiger partial charge in [0.15, 0.2) is 0 Å². The minimum atomic E-state index is 0.0353. The standard InChI is InChI=1S/C17H22Cl2N2O/c18-15-8-4-7-14(16(15)19)17(22)21(13-9-10-20-11-13)12-5-2-1-3-6-12/h4,7-8,12-13,20H,1-3,5-6,9-11H2/t13-/m1/s1. The average Bonchev–Trinajstić information content (AvgIpc) is 3.05. The number of carbonyl (C=O) groups excluding carboxylic acids is 1. The molecule has 22 heavy (non-hydrogen) atoms. The number of rotatable bonds is 3. The number of nitrogens with one attached hydrogen (secondary N) is 1. The Morgan fingerprint density at radius 2 is 1.86 bits per heavy atom. The first-order valence-corrected chi connectivity index (χ1v) is 8.91. The zero-order chi connectivity index (χ0) is 15.5. The summed E-state index contributed by atoms with van der Waals surface area (Å²) in [5.41, 5.74) is 0.534. The largest absolute Gasteiger partial charge is 0.331 e. The van der Waals surface area contributed by atoms with Crippen molar-refractivity contribution in [3.8, 4) is 0 Å². The summed E-state index contributed by atoms with van der Waals surface area (Å²) in [7, 11) is 0. The van der Waals surface area contributed by atoms with Gasteiger partial charge in [-0.15, -0.1) is 0 Å². The second-order valence-electron chi connectivity index (χ2n) is 6.25. The van der Waals surface area contributed by atoms with Gasteiger partial charge in [0.05, 0.1) is 15.6 Å². The van der Waals surface area contributed by atoms with Gasteiger partial charge in [0.25, 0.3) is 5.91 Å². The molecule has 0 radical (unpaired) electrons. The molecule has 1 saturated carbocycles. The van der Waals surface area contributed by atoms with E-state index in [-0.39, 0.29) is 11.9 Å². The summed E-state index contributed by atoms with van der Waals surface area (Å²) in [4.78, 5) is 15.3. The van der Waals surface area contributed by atoms with E-state index >= 15 is 0 Å². The van der Waals surface area contributed by atoms with Crippen LogP contribution in [0.3, 0.4) is 0 Å². The summed E-state index contributed by atoms with van der Waals surface area (Å²) < 4.78 is 0. The lowest BCUT2D eigenvalue weighted by atomic mass is 9.92. The van der Waals surface area contributed by atoms with Gasteiger partial charge in [0.1, 0.15) is 0 Å². The average molecular weight is 341 g/mol. The predicted octanol–water partition coefficient (Wildman–Crippen LogP) is 4.13. The van der Waals surface area contributed by atoms with Gasteiger partial charge in [0.2, 0.25) is 0 Å². The number of nitrogens with zero attached hydrogens (tertiary/aromatic N) is 1. The van der Waals surface area contributed by atoms with Crippen LogP contribution < -0.4 is 5.32 Å². The molecule has 1 aliphatic heterocycles. The Kier molecular flexibility index (Phi) is 5.27. The lowest BCUT2D eigenvalue weighted by Crippen LogP contribution is -2.49. The molecule has 1 N–H and O–H groups in total. The summed E-state index contributed by atoms with van der Waals surface area (Å²) >= 11 is 12.4. The number of amides is 1. The van der Waals surface area contributed by atoms with Crippen LogP contribution in [0.25, 0.3) is 0 Å². The number of hydrogen-bond donors (Lipinski definition) is 1. The summed E-state index contributed by atoms with van der Waals surface area (Å²) in [6, 6.07) is 5.91. The molecule has 5 heteroatoms. The number of hydrogen-bond acceptors (Lipinski definition) is 2. The van der Waals surface area contributed by atoms with E-state index in [9.17, 15) is 4.79 Å². The van der Waals surface area contributed by atoms with Gasteiger partial charge in [-0.05, 0) is 37.9 Å². The molecule has 1 heterocycles. The highest BCUT2D eigenvalue weighted by Gasteiger charge is 2.34. The minimum absolute atomic E-state index is 0.0353. The molecule has 1 amide bonds. The van der Waals surface area contributed by atoms with Crippen molar-refractivity contribution < 1.29 is 4.79 Å². The van der Waals surface area contributed by atoms with Crippen molar-refractivity contribution >= 4 is 29.1 Å². The van der Waals surface area contributed by atoms with Crippen LogP contribution >= 0.6 is 23.2 Å². The Balaban J connectivity index is 1.90. The fourth-order valence-corrected chi connectivity index (χ4v) is 4.06. The Labute approximate surface area is 142 Å². The first kappa shape index (κ1) is 16.1. The maximum atomic E-state index is 13.2. The summed E-state index contributed by atoms with van der Waals surface area (Å²) in [5, 5.41) is 4.19. The van der Waals surface area contributed by atoms with Crippen molar-refractivity contribution in [3.63, 3.8) is 0 Å². The van der Waals surface area contributed by atoms with Crippen molar-refractivity contribution in [2.24, 2.45) is 0 Å². The van der Waals surface area contributed by atoms with E-state index in [2.05, 4.69) is 10.2 Å². The molecule has 1 aromatic carbocycles. The van der Waals surface area contributed by atoms with Gasteiger partial charge >= 0.3 is 0 Å². The quantitative estimate of drug-likeness (QED) is 0.897. The summed E-state index contributed by atoms with van der Waals surface area (Å²) in [6.45, 7) is 1.85. The summed E-state index contributed by atoms with van der Waals surface area (Å²) in [5.74, 6) is 0.0353. The zero-order valence-corrected chi connectivity index (χ0v) is 14.2. The Morgan fingerprint density at radius 3 is 2.55 bits per heavy atom. The van der Waals surface area contributed by atoms with Crippen LogP contribution in [0.5, 0.6) is 0 Å². The number of benzene rings is 1. The van der Waals surface area contributed by atoms with E-state index in [1.54, 1.807) is 18.2 Å². The van der Waals surface area contributed by atoms with Crippen molar-refractivity contribution in [2.45, 2.75) is 50.6 Å². The summed E-state index contributed by atoms with van der Waals surface area (Å²) in [6.07, 6.45) is 6.90. The first-order valence-electron chi connectivity index (χ1n) is 8.16. The van der Waals surface area contributed by atoms with Crippen molar-refractivity contribution in [3.05, 3.63) is 33.8 Å². The topological polar surface area (TPSA) is 32.3 Å². The Hall–Kier alpha value is -0.770. The third kappa shape index (κ3) is 3.27. The van der Waals surface area contributed by atoms with Crippen LogP contribution in [0.2, 0.25) is 10.0 Å². The predicted molar refractivity (Wildman–Crippen MR) is 90.8 cm³/mol. The lowest BCUT2D eigenvalue weighted by Gasteiger charge is -2.38. The minimum Gasteiger partial charge on any atom is -0.331 e. The van der Waals surface area contributed by atoms with Crippen LogP contribution in [-0.4, -0.2) is 36.0 Å². The molecular weight excluding hydrogens is 319 g/mol. The van der Waals surface area contributed by atoms with Crippen molar-refractivity contribution in [1.29, 1.82) is 0 Å². The third-order valence-corrected chi connectivity index (χ3v) is 5.63. The second-order valence-corrected chi connectivity index (χ2v) is 7.04. The highest BCUT2D eigenvalue weighted by Crippen LogP contribution is 2.31. The normalized spacial score (nSPS) is 22.7. The van der Waals surface area contributed by atoms with Crippen LogP contribution in [0, 0.1) is 0 Å². The van der Waals surface area contributed by atoms with Gasteiger partial charge in [0, 0.05) is 18.6 Å². The highest BCUT2D eigenvalue weighted by molar-refractivity contribution is 6.43. The Bertz CT molecular complexity index is 537. The van der Waals surface area contributed by atoms with Gasteiger partial charge in [-0.25, -0.2) is 0 Å². The zero-order valence-electron chi connectivity index (χ0n) is 12.7. The molecule has 1 saturated heterocycles. The van der Waals surface area contributed by atoms with Gasteiger partial charge in [-0.3, -0.25) is 4.79 Å². The SMILES string of the molecule is O=C(c1cccc(Cl)c1Cl)N(C1CCCCC1)[C@@H]1CCNC1. The Morgan fingerprint density at radius 1 is 1.09 bits per heavy atom. The lowest BCUT2D eigenvalue weighted by molar-refractivity contribution is 0.0534. The van der Waals surface area contributed by atoms with Gasteiger partial charge < -0.3 is 10.2 Å². The fraction of sp³-hybridized carbons (Fsp3) is 0.588. The monoisotopic (exact) mass is 340 g/mol. The van der Waals surface area contributed by atoms with Gasteiger partial charge in [-0.1, -0.05) is 48.5 Å². The second kappa shape index (κ2) is 7.20. The van der Waals surface area contributed by atoms with Crippen LogP contribution in [0.4, 0.5) is 0 Å². The third-order valence-electron chi connectivity index (χ3n) is 4.81. The van der Waals surface area contributed by atoms with Crippen molar-refractivity contribution in [2.75, 3.05) is 13.1 Å². The van der Waals surface area contributed by atoms with E-state index in [1.807, 2.05) is 0 Å². The molecule has 0 aromatic heterocycles. The molecular formula is C17H22Cl2N2O. The highest BCUT2D eigenvalue weighted by atomic mass is 35.5. The van der Waals surface area contributed by atoms with E-state index in [4.69, 9.17) is 23.2 Å². The first-order chi connectivity index (χ1) is 10.7.